The van der Waals surface area contributed by atoms with Crippen LogP contribution in [-0.2, 0) is 27.6 Å². The molecule has 2 heterocycles. The molecule has 3 rings (SSSR count). The van der Waals surface area contributed by atoms with Crippen LogP contribution in [0.15, 0.2) is 0 Å². The average molecular weight is 433 g/mol. The van der Waals surface area contributed by atoms with Gasteiger partial charge in [0.05, 0.1) is 23.4 Å². The lowest BCUT2D eigenvalue weighted by Gasteiger charge is -2.48. The molecule has 5 atom stereocenters. The van der Waals surface area contributed by atoms with Crippen LogP contribution >= 0.6 is 7.82 Å². The molecule has 0 aromatic rings. The molecule has 0 aromatic carbocycles. The van der Waals surface area contributed by atoms with Crippen molar-refractivity contribution < 1.29 is 27.6 Å². The Morgan fingerprint density at radius 1 is 0.966 bits per heavy atom. The lowest BCUT2D eigenvalue weighted by molar-refractivity contribution is -0.285. The quantitative estimate of drug-likeness (QED) is 0.480. The Labute approximate surface area is 177 Å². The van der Waals surface area contributed by atoms with Gasteiger partial charge in [0.15, 0.2) is 6.29 Å². The van der Waals surface area contributed by atoms with Crippen molar-refractivity contribution in [3.05, 3.63) is 0 Å². The molecule has 1 aliphatic carbocycles. The molecule has 0 aromatic heterocycles. The molecule has 0 N–H and O–H groups in total. The van der Waals surface area contributed by atoms with Crippen LogP contribution in [-0.4, -0.2) is 35.8 Å². The predicted molar refractivity (Wildman–Crippen MR) is 113 cm³/mol. The third kappa shape index (κ3) is 5.84. The molecule has 3 aliphatic rings. The van der Waals surface area contributed by atoms with E-state index in [4.69, 9.17) is 23.0 Å². The predicted octanol–water partition coefficient (Wildman–Crippen LogP) is 6.23. The van der Waals surface area contributed by atoms with Crippen LogP contribution in [0, 0.1) is 11.8 Å². The number of phosphoric ester groups is 1. The van der Waals surface area contributed by atoms with Gasteiger partial charge in [-0.3, -0.25) is 13.6 Å². The summed E-state index contributed by atoms with van der Waals surface area (Å²) in [5.74, 6) is 0.363. The van der Waals surface area contributed by atoms with Crippen LogP contribution in [0.1, 0.15) is 93.4 Å². The van der Waals surface area contributed by atoms with Gasteiger partial charge < -0.3 is 9.47 Å². The van der Waals surface area contributed by atoms with E-state index in [9.17, 15) is 4.57 Å². The summed E-state index contributed by atoms with van der Waals surface area (Å²) >= 11 is 0. The third-order valence-corrected chi connectivity index (χ3v) is 8.55. The zero-order valence-electron chi connectivity index (χ0n) is 19.3. The van der Waals surface area contributed by atoms with Crippen molar-refractivity contribution in [3.63, 3.8) is 0 Å². The topological polar surface area (TPSA) is 63.2 Å². The van der Waals surface area contributed by atoms with E-state index in [1.165, 1.54) is 19.3 Å². The Morgan fingerprint density at radius 3 is 2.10 bits per heavy atom. The zero-order chi connectivity index (χ0) is 21.4. The van der Waals surface area contributed by atoms with E-state index >= 15 is 0 Å². The van der Waals surface area contributed by atoms with Gasteiger partial charge in [0.2, 0.25) is 0 Å². The summed E-state index contributed by atoms with van der Waals surface area (Å²) in [6.07, 6.45) is 6.46. The second-order valence-electron chi connectivity index (χ2n) is 10.5. The van der Waals surface area contributed by atoms with Crippen molar-refractivity contribution in [2.45, 2.75) is 129 Å². The maximum Gasteiger partial charge on any atom is 0.476 e. The normalized spacial score (nSPS) is 39.9. The molecule has 0 amide bonds. The van der Waals surface area contributed by atoms with E-state index in [0.717, 1.165) is 19.3 Å². The van der Waals surface area contributed by atoms with Gasteiger partial charge in [-0.2, -0.15) is 0 Å². The van der Waals surface area contributed by atoms with Crippen molar-refractivity contribution in [1.82, 2.24) is 0 Å². The second-order valence-corrected chi connectivity index (χ2v) is 11.9. The summed E-state index contributed by atoms with van der Waals surface area (Å²) in [6.45, 7) is 14.1. The second kappa shape index (κ2) is 8.88. The molecule has 2 aliphatic heterocycles. The van der Waals surface area contributed by atoms with Gasteiger partial charge in [0.1, 0.15) is 6.10 Å². The summed E-state index contributed by atoms with van der Waals surface area (Å²) in [5, 5.41) is 0. The molecule has 2 saturated heterocycles. The minimum Gasteiger partial charge on any atom is -0.347 e. The van der Waals surface area contributed by atoms with Crippen LogP contribution in [0.2, 0.25) is 0 Å². The number of phosphoric acid groups is 1. The molecule has 0 radical (unpaired) electrons. The van der Waals surface area contributed by atoms with Gasteiger partial charge in [0.25, 0.3) is 0 Å². The van der Waals surface area contributed by atoms with Crippen molar-refractivity contribution in [1.29, 1.82) is 0 Å². The molecule has 29 heavy (non-hydrogen) atoms. The number of rotatable bonds is 5. The first-order chi connectivity index (χ1) is 13.4. The summed E-state index contributed by atoms with van der Waals surface area (Å²) in [5.41, 5.74) is -1.18. The highest BCUT2D eigenvalue weighted by Crippen LogP contribution is 2.62. The number of hydrogen-bond donors (Lipinski definition) is 0. The summed E-state index contributed by atoms with van der Waals surface area (Å²) in [4.78, 5) is 0. The van der Waals surface area contributed by atoms with E-state index in [0.29, 0.717) is 6.42 Å². The van der Waals surface area contributed by atoms with Gasteiger partial charge >= 0.3 is 7.82 Å². The van der Waals surface area contributed by atoms with Gasteiger partial charge in [0, 0.05) is 6.42 Å². The molecule has 3 fully saturated rings. The molecule has 7 heteroatoms. The van der Waals surface area contributed by atoms with E-state index in [1.807, 2.05) is 27.7 Å². The lowest BCUT2D eigenvalue weighted by Crippen LogP contribution is -2.53. The van der Waals surface area contributed by atoms with Crippen LogP contribution in [0.25, 0.3) is 0 Å². The van der Waals surface area contributed by atoms with Crippen LogP contribution in [0.3, 0.4) is 0 Å². The first kappa shape index (κ1) is 23.7. The minimum atomic E-state index is -3.77. The fourth-order valence-electron chi connectivity index (χ4n) is 5.28. The summed E-state index contributed by atoms with van der Waals surface area (Å²) in [7, 11) is -3.77. The number of ether oxygens (including phenoxy) is 2. The molecule has 170 valence electrons. The molecule has 1 saturated carbocycles. The van der Waals surface area contributed by atoms with E-state index in [1.54, 1.807) is 0 Å². The van der Waals surface area contributed by atoms with Crippen molar-refractivity contribution in [3.8, 4) is 0 Å². The molecular formula is C22H41O6P. The minimum absolute atomic E-state index is 0.0976. The Hall–Kier alpha value is 0.0300. The maximum absolute atomic E-state index is 13.6. The van der Waals surface area contributed by atoms with Crippen LogP contribution < -0.4 is 0 Å². The molecular weight excluding hydrogens is 391 g/mol. The average Bonchev–Trinajstić information content (AvgIpc) is 2.59. The Balaban J connectivity index is 1.81. The highest BCUT2D eigenvalue weighted by atomic mass is 31.2. The van der Waals surface area contributed by atoms with E-state index < -0.39 is 31.4 Å². The maximum atomic E-state index is 13.6. The summed E-state index contributed by atoms with van der Waals surface area (Å²) in [6, 6.07) is 0. The van der Waals surface area contributed by atoms with E-state index in [2.05, 4.69) is 20.8 Å². The molecule has 0 spiro atoms. The zero-order valence-corrected chi connectivity index (χ0v) is 20.2. The van der Waals surface area contributed by atoms with Gasteiger partial charge in [-0.25, -0.2) is 4.57 Å². The van der Waals surface area contributed by atoms with Crippen LogP contribution in [0.4, 0.5) is 0 Å². The van der Waals surface area contributed by atoms with E-state index in [-0.39, 0.29) is 24.0 Å². The van der Waals surface area contributed by atoms with Gasteiger partial charge in [-0.1, -0.05) is 40.0 Å². The van der Waals surface area contributed by atoms with Gasteiger partial charge in [-0.05, 0) is 58.8 Å². The fraction of sp³-hybridized carbons (Fsp3) is 1.00. The Bertz CT molecular complexity index is 580. The third-order valence-electron chi connectivity index (χ3n) is 6.61. The van der Waals surface area contributed by atoms with Gasteiger partial charge in [-0.15, -0.1) is 0 Å². The first-order valence-corrected chi connectivity index (χ1v) is 12.9. The smallest absolute Gasteiger partial charge is 0.347 e. The van der Waals surface area contributed by atoms with Crippen molar-refractivity contribution in [2.24, 2.45) is 11.8 Å². The van der Waals surface area contributed by atoms with Crippen molar-refractivity contribution in [2.75, 3.05) is 0 Å². The standard InChI is InChI=1S/C22H41O6P/c1-8-18-15(2)16(3)19(20(25-18)24-17-12-10-9-11-13-17)26-29(23)27-21(4,5)14-22(6,7)28-29/h15-20H,8-14H2,1-7H3. The highest BCUT2D eigenvalue weighted by molar-refractivity contribution is 7.48. The Kier molecular flexibility index (Phi) is 7.25. The molecule has 0 bridgehead atoms. The van der Waals surface area contributed by atoms with Crippen LogP contribution in [0.5, 0.6) is 0 Å². The number of hydrogen-bond acceptors (Lipinski definition) is 6. The highest BCUT2D eigenvalue weighted by Gasteiger charge is 2.53. The molecule has 6 nitrogen and oxygen atoms in total. The fourth-order valence-corrected chi connectivity index (χ4v) is 7.33. The summed E-state index contributed by atoms with van der Waals surface area (Å²) < 4.78 is 44.3. The Morgan fingerprint density at radius 2 is 1.55 bits per heavy atom. The SMILES string of the molecule is CCC1OC(OC2CCCCC2)C(OP2(=O)OC(C)(C)CC(C)(C)O2)C(C)C1C. The first-order valence-electron chi connectivity index (χ1n) is 11.4. The lowest BCUT2D eigenvalue weighted by atomic mass is 9.82. The largest absolute Gasteiger partial charge is 0.476 e. The van der Waals surface area contributed by atoms with Crippen molar-refractivity contribution >= 4 is 7.82 Å². The molecule has 5 unspecified atom stereocenters. The monoisotopic (exact) mass is 432 g/mol.